The number of thiazole rings is 1. The molecule has 2 heterocycles. The molecule has 0 bridgehead atoms. The Morgan fingerprint density at radius 1 is 1.59 bits per heavy atom. The van der Waals surface area contributed by atoms with Crippen LogP contribution in [0.15, 0.2) is 0 Å². The summed E-state index contributed by atoms with van der Waals surface area (Å²) in [6, 6.07) is 0. The molecule has 4 nitrogen and oxygen atoms in total. The minimum atomic E-state index is -0.281. The van der Waals surface area contributed by atoms with Gasteiger partial charge in [0.2, 0.25) is 0 Å². The number of piperidine rings is 1. The van der Waals surface area contributed by atoms with Crippen molar-refractivity contribution < 1.29 is 9.53 Å². The van der Waals surface area contributed by atoms with Crippen molar-refractivity contribution in [2.45, 2.75) is 26.7 Å². The van der Waals surface area contributed by atoms with Gasteiger partial charge in [0.15, 0.2) is 5.13 Å². The van der Waals surface area contributed by atoms with E-state index in [2.05, 4.69) is 16.8 Å². The molecule has 0 radical (unpaired) electrons. The average Bonchev–Trinajstić information content (AvgIpc) is 2.70. The second-order valence-corrected chi connectivity index (χ2v) is 5.57. The first-order valence-corrected chi connectivity index (χ1v) is 6.74. The van der Waals surface area contributed by atoms with E-state index in [0.29, 0.717) is 10.8 Å². The number of ether oxygens (including phenoxy) is 1. The number of carbonyl (C=O) groups is 1. The van der Waals surface area contributed by atoms with Crippen LogP contribution in [0, 0.1) is 12.8 Å². The molecular formula is C12H18N2O2S. The van der Waals surface area contributed by atoms with Crippen molar-refractivity contribution in [2.24, 2.45) is 5.92 Å². The van der Waals surface area contributed by atoms with Gasteiger partial charge in [-0.05, 0) is 25.7 Å². The van der Waals surface area contributed by atoms with Crippen molar-refractivity contribution >= 4 is 22.4 Å². The van der Waals surface area contributed by atoms with E-state index in [1.165, 1.54) is 31.3 Å². The minimum Gasteiger partial charge on any atom is -0.465 e. The number of aromatic nitrogens is 1. The highest BCUT2D eigenvalue weighted by Gasteiger charge is 2.22. The Labute approximate surface area is 106 Å². The topological polar surface area (TPSA) is 42.4 Å². The van der Waals surface area contributed by atoms with Gasteiger partial charge < -0.3 is 9.64 Å². The lowest BCUT2D eigenvalue weighted by atomic mass is 10.0. The van der Waals surface area contributed by atoms with E-state index in [4.69, 9.17) is 4.74 Å². The Bertz CT molecular complexity index is 417. The Balaban J connectivity index is 2.19. The molecule has 1 aliphatic rings. The third kappa shape index (κ3) is 2.60. The van der Waals surface area contributed by atoms with Crippen molar-refractivity contribution in [1.82, 2.24) is 4.98 Å². The van der Waals surface area contributed by atoms with Gasteiger partial charge >= 0.3 is 5.97 Å². The van der Waals surface area contributed by atoms with Crippen molar-refractivity contribution in [1.29, 1.82) is 0 Å². The first kappa shape index (κ1) is 12.4. The van der Waals surface area contributed by atoms with Crippen LogP contribution in [0.2, 0.25) is 0 Å². The van der Waals surface area contributed by atoms with Gasteiger partial charge in [0, 0.05) is 13.1 Å². The zero-order valence-corrected chi connectivity index (χ0v) is 11.3. The van der Waals surface area contributed by atoms with Crippen molar-refractivity contribution in [3.8, 4) is 0 Å². The average molecular weight is 254 g/mol. The van der Waals surface area contributed by atoms with Crippen LogP contribution in [0.1, 0.15) is 35.1 Å². The van der Waals surface area contributed by atoms with Gasteiger partial charge in [0.05, 0.1) is 12.8 Å². The van der Waals surface area contributed by atoms with E-state index in [1.807, 2.05) is 6.92 Å². The second kappa shape index (κ2) is 5.04. The lowest BCUT2D eigenvalue weighted by Gasteiger charge is -2.30. The number of aryl methyl sites for hydroxylation is 1. The zero-order chi connectivity index (χ0) is 12.4. The molecule has 0 aliphatic carbocycles. The van der Waals surface area contributed by atoms with Crippen LogP contribution in [-0.4, -0.2) is 31.2 Å². The molecule has 2 rings (SSSR count). The first-order chi connectivity index (χ1) is 8.11. The number of anilines is 1. The van der Waals surface area contributed by atoms with Crippen LogP contribution >= 0.6 is 11.3 Å². The minimum absolute atomic E-state index is 0.281. The smallest absolute Gasteiger partial charge is 0.350 e. The van der Waals surface area contributed by atoms with Crippen molar-refractivity contribution in [2.75, 3.05) is 25.1 Å². The fraction of sp³-hybridized carbons (Fsp3) is 0.667. The molecule has 1 fully saturated rings. The van der Waals surface area contributed by atoms with Gasteiger partial charge in [-0.15, -0.1) is 0 Å². The number of nitrogens with zero attached hydrogens (tertiary/aromatic N) is 2. The van der Waals surface area contributed by atoms with Gasteiger partial charge in [-0.2, -0.15) is 0 Å². The summed E-state index contributed by atoms with van der Waals surface area (Å²) in [5.74, 6) is 0.422. The maximum Gasteiger partial charge on any atom is 0.350 e. The molecule has 1 atom stereocenters. The molecule has 0 spiro atoms. The van der Waals surface area contributed by atoms with Crippen LogP contribution in [0.5, 0.6) is 0 Å². The van der Waals surface area contributed by atoms with Crippen LogP contribution in [0.25, 0.3) is 0 Å². The molecule has 1 aromatic rings. The molecular weight excluding hydrogens is 236 g/mol. The highest BCUT2D eigenvalue weighted by Crippen LogP contribution is 2.29. The molecule has 1 aliphatic heterocycles. The molecule has 94 valence electrons. The molecule has 1 saturated heterocycles. The fourth-order valence-corrected chi connectivity index (χ4v) is 3.18. The van der Waals surface area contributed by atoms with Crippen molar-refractivity contribution in [3.05, 3.63) is 10.6 Å². The molecule has 1 aromatic heterocycles. The van der Waals surface area contributed by atoms with E-state index in [9.17, 15) is 4.79 Å². The van der Waals surface area contributed by atoms with E-state index >= 15 is 0 Å². The van der Waals surface area contributed by atoms with Gasteiger partial charge in [0.25, 0.3) is 0 Å². The number of esters is 1. The number of methoxy groups -OCH3 is 1. The highest BCUT2D eigenvalue weighted by atomic mass is 32.1. The van der Waals surface area contributed by atoms with E-state index in [0.717, 1.165) is 23.9 Å². The maximum atomic E-state index is 11.5. The summed E-state index contributed by atoms with van der Waals surface area (Å²) in [7, 11) is 1.41. The third-order valence-corrected chi connectivity index (χ3v) is 4.28. The predicted octanol–water partition coefficient (Wildman–Crippen LogP) is 2.47. The zero-order valence-electron chi connectivity index (χ0n) is 10.5. The number of hydrogen-bond donors (Lipinski definition) is 0. The summed E-state index contributed by atoms with van der Waals surface area (Å²) in [4.78, 5) is 18.9. The molecule has 0 aromatic carbocycles. The summed E-state index contributed by atoms with van der Waals surface area (Å²) in [5.41, 5.74) is 0.773. The number of hydrogen-bond acceptors (Lipinski definition) is 5. The fourth-order valence-electron chi connectivity index (χ4n) is 2.16. The van der Waals surface area contributed by atoms with Crippen LogP contribution in [0.4, 0.5) is 5.13 Å². The molecule has 17 heavy (non-hydrogen) atoms. The van der Waals surface area contributed by atoms with Crippen LogP contribution in [0.3, 0.4) is 0 Å². The number of carbonyl (C=O) groups excluding carboxylic acids is 1. The molecule has 0 saturated carbocycles. The van der Waals surface area contributed by atoms with Crippen molar-refractivity contribution in [3.63, 3.8) is 0 Å². The summed E-state index contributed by atoms with van der Waals surface area (Å²) >= 11 is 1.44. The summed E-state index contributed by atoms with van der Waals surface area (Å²) in [5, 5.41) is 0.953. The Hall–Kier alpha value is -1.10. The molecule has 1 unspecified atom stereocenters. The standard InChI is InChI=1S/C12H18N2O2S/c1-8-5-4-6-14(7-8)12-13-9(2)10(17-12)11(15)16-3/h8H,4-7H2,1-3H3. The first-order valence-electron chi connectivity index (χ1n) is 5.92. The van der Waals surface area contributed by atoms with Gasteiger partial charge in [-0.25, -0.2) is 9.78 Å². The lowest BCUT2D eigenvalue weighted by molar-refractivity contribution is 0.0605. The maximum absolute atomic E-state index is 11.5. The lowest BCUT2D eigenvalue weighted by Crippen LogP contribution is -2.34. The third-order valence-electron chi connectivity index (χ3n) is 3.08. The Morgan fingerprint density at radius 2 is 2.35 bits per heavy atom. The van der Waals surface area contributed by atoms with Gasteiger partial charge in [0.1, 0.15) is 4.88 Å². The van der Waals surface area contributed by atoms with E-state index < -0.39 is 0 Å². The van der Waals surface area contributed by atoms with E-state index in [1.54, 1.807) is 0 Å². The van der Waals surface area contributed by atoms with Gasteiger partial charge in [-0.3, -0.25) is 0 Å². The quantitative estimate of drug-likeness (QED) is 0.760. The summed E-state index contributed by atoms with van der Waals surface area (Å²) < 4.78 is 4.75. The Kier molecular flexibility index (Phi) is 3.66. The van der Waals surface area contributed by atoms with Crippen LogP contribution in [-0.2, 0) is 4.74 Å². The molecule has 5 heteroatoms. The Morgan fingerprint density at radius 3 is 3.00 bits per heavy atom. The molecule has 0 N–H and O–H groups in total. The van der Waals surface area contributed by atoms with Crippen LogP contribution < -0.4 is 4.90 Å². The largest absolute Gasteiger partial charge is 0.465 e. The summed E-state index contributed by atoms with van der Waals surface area (Å²) in [6.45, 7) is 6.19. The van der Waals surface area contributed by atoms with E-state index in [-0.39, 0.29) is 5.97 Å². The number of rotatable bonds is 2. The summed E-state index contributed by atoms with van der Waals surface area (Å²) in [6.07, 6.45) is 2.48. The van der Waals surface area contributed by atoms with Gasteiger partial charge in [-0.1, -0.05) is 18.3 Å². The SMILES string of the molecule is COC(=O)c1sc(N2CCCC(C)C2)nc1C. The normalized spacial score (nSPS) is 20.4. The highest BCUT2D eigenvalue weighted by molar-refractivity contribution is 7.17. The monoisotopic (exact) mass is 254 g/mol. The predicted molar refractivity (Wildman–Crippen MR) is 68.8 cm³/mol. The molecule has 0 amide bonds. The second-order valence-electron chi connectivity index (χ2n) is 4.60.